The summed E-state index contributed by atoms with van der Waals surface area (Å²) in [6.45, 7) is 4.55. The van der Waals surface area contributed by atoms with Gasteiger partial charge in [0.1, 0.15) is 11.3 Å². The molecule has 0 heterocycles. The van der Waals surface area contributed by atoms with Crippen LogP contribution in [-0.4, -0.2) is 43.8 Å². The Bertz CT molecular complexity index is 1020. The minimum absolute atomic E-state index is 0.0160. The van der Waals surface area contributed by atoms with Crippen molar-refractivity contribution in [2.75, 3.05) is 20.0 Å². The summed E-state index contributed by atoms with van der Waals surface area (Å²) in [4.78, 5) is 36.3. The van der Waals surface area contributed by atoms with Crippen LogP contribution in [0.25, 0.3) is 0 Å². The van der Waals surface area contributed by atoms with Crippen LogP contribution < -0.4 is 25.5 Å². The van der Waals surface area contributed by atoms with E-state index in [1.807, 2.05) is 0 Å². The Balaban J connectivity index is 2.13. The van der Waals surface area contributed by atoms with Gasteiger partial charge in [0.2, 0.25) is 6.79 Å². The zero-order valence-electron chi connectivity index (χ0n) is 19.5. The van der Waals surface area contributed by atoms with Gasteiger partial charge in [0, 0.05) is 11.4 Å². The van der Waals surface area contributed by atoms with Crippen molar-refractivity contribution in [3.63, 3.8) is 0 Å². The fourth-order valence-electron chi connectivity index (χ4n) is 2.73. The lowest BCUT2D eigenvalue weighted by molar-refractivity contribution is -0.157. The van der Waals surface area contributed by atoms with Crippen LogP contribution >= 0.6 is 11.6 Å². The molecule has 2 aromatic rings. The third kappa shape index (κ3) is 8.63. The number of esters is 1. The average Bonchev–Trinajstić information content (AvgIpc) is 2.82. The van der Waals surface area contributed by atoms with Gasteiger partial charge in [0.15, 0.2) is 11.5 Å². The van der Waals surface area contributed by atoms with E-state index < -0.39 is 23.8 Å². The first-order chi connectivity index (χ1) is 16.7. The molecular formula is C23H27ClN2O9. The molecule has 0 aliphatic heterocycles. The van der Waals surface area contributed by atoms with Crippen molar-refractivity contribution in [1.29, 1.82) is 0 Å². The molecule has 0 saturated heterocycles. The van der Waals surface area contributed by atoms with Crippen molar-refractivity contribution in [1.82, 2.24) is 5.43 Å². The van der Waals surface area contributed by atoms with E-state index in [2.05, 4.69) is 5.43 Å². The summed E-state index contributed by atoms with van der Waals surface area (Å²) in [5.74, 6) is 5.21. The van der Waals surface area contributed by atoms with Gasteiger partial charge in [-0.05, 0) is 62.7 Å². The molecule has 2 aromatic carbocycles. The van der Waals surface area contributed by atoms with Crippen LogP contribution in [-0.2, 0) is 25.4 Å². The molecule has 11 nitrogen and oxygen atoms in total. The van der Waals surface area contributed by atoms with Gasteiger partial charge in [0.25, 0.3) is 0 Å². The van der Waals surface area contributed by atoms with Gasteiger partial charge in [-0.1, -0.05) is 17.7 Å². The van der Waals surface area contributed by atoms with Crippen molar-refractivity contribution in [3.05, 3.63) is 53.1 Å². The molecule has 0 aliphatic rings. The number of ether oxygens (including phenoxy) is 6. The first-order valence-corrected chi connectivity index (χ1v) is 10.9. The van der Waals surface area contributed by atoms with Gasteiger partial charge in [-0.2, -0.15) is 0 Å². The summed E-state index contributed by atoms with van der Waals surface area (Å²) >= 11 is 5.83. The van der Waals surface area contributed by atoms with Crippen molar-refractivity contribution in [3.8, 4) is 17.2 Å². The molecule has 190 valence electrons. The lowest BCUT2D eigenvalue weighted by Crippen LogP contribution is -2.55. The maximum atomic E-state index is 12.7. The maximum Gasteiger partial charge on any atom is 0.513 e. The van der Waals surface area contributed by atoms with Crippen LogP contribution in [0.5, 0.6) is 17.2 Å². The summed E-state index contributed by atoms with van der Waals surface area (Å²) in [5.41, 5.74) is 1.56. The molecule has 3 N–H and O–H groups in total. The van der Waals surface area contributed by atoms with E-state index in [0.717, 1.165) is 0 Å². The van der Waals surface area contributed by atoms with Crippen molar-refractivity contribution in [2.24, 2.45) is 5.84 Å². The van der Waals surface area contributed by atoms with Crippen LogP contribution in [0.3, 0.4) is 0 Å². The second kappa shape index (κ2) is 13.4. The van der Waals surface area contributed by atoms with E-state index in [1.165, 1.54) is 19.1 Å². The summed E-state index contributed by atoms with van der Waals surface area (Å²) in [6.07, 6.45) is -1.97. The van der Waals surface area contributed by atoms with Crippen molar-refractivity contribution in [2.45, 2.75) is 32.7 Å². The van der Waals surface area contributed by atoms with E-state index in [4.69, 9.17) is 45.9 Å². The summed E-state index contributed by atoms with van der Waals surface area (Å²) < 4.78 is 30.3. The minimum atomic E-state index is -1.38. The molecular weight excluding hydrogens is 484 g/mol. The average molecular weight is 511 g/mol. The molecule has 0 fully saturated rings. The summed E-state index contributed by atoms with van der Waals surface area (Å²) in [5, 5.41) is 0.541. The minimum Gasteiger partial charge on any atom is -0.457 e. The van der Waals surface area contributed by atoms with E-state index in [0.29, 0.717) is 16.3 Å². The molecule has 0 aromatic heterocycles. The second-order valence-corrected chi connectivity index (χ2v) is 7.59. The van der Waals surface area contributed by atoms with E-state index >= 15 is 0 Å². The Hall–Kier alpha value is -3.54. The number of carbonyl (C=O) groups excluding carboxylic acids is 3. The van der Waals surface area contributed by atoms with Gasteiger partial charge in [-0.25, -0.2) is 19.8 Å². The van der Waals surface area contributed by atoms with Gasteiger partial charge in [-0.15, -0.1) is 0 Å². The number of carbonyl (C=O) groups is 3. The Morgan fingerprint density at radius 2 is 1.51 bits per heavy atom. The van der Waals surface area contributed by atoms with Gasteiger partial charge < -0.3 is 28.4 Å². The molecule has 0 saturated carbocycles. The predicted octanol–water partition coefficient (Wildman–Crippen LogP) is 3.75. The van der Waals surface area contributed by atoms with Crippen LogP contribution in [0.15, 0.2) is 42.5 Å². The fraction of sp³-hybridized carbons (Fsp3) is 0.348. The number of nitrogens with one attached hydrogen (secondary N) is 1. The lowest BCUT2D eigenvalue weighted by atomic mass is 9.93. The van der Waals surface area contributed by atoms with Crippen LogP contribution in [0, 0.1) is 0 Å². The SMILES string of the molecule is CCOC(=O)Oc1ccc(C[C@](C)(NN)C(=O)OCOc2ccc(Cl)cc2)cc1OC(=O)OCC. The number of benzene rings is 2. The topological polar surface area (TPSA) is 145 Å². The Kier molecular flexibility index (Phi) is 10.6. The highest BCUT2D eigenvalue weighted by atomic mass is 35.5. The number of hydrogen-bond acceptors (Lipinski definition) is 11. The number of nitrogens with two attached hydrogens (primary N) is 1. The first-order valence-electron chi connectivity index (χ1n) is 10.6. The predicted molar refractivity (Wildman–Crippen MR) is 124 cm³/mol. The third-order valence-electron chi connectivity index (χ3n) is 4.48. The van der Waals surface area contributed by atoms with Crippen molar-refractivity contribution >= 4 is 29.9 Å². The number of hydrogen-bond donors (Lipinski definition) is 2. The van der Waals surface area contributed by atoms with Gasteiger partial charge >= 0.3 is 18.3 Å². The summed E-state index contributed by atoms with van der Waals surface area (Å²) in [7, 11) is 0. The molecule has 0 spiro atoms. The maximum absolute atomic E-state index is 12.7. The smallest absolute Gasteiger partial charge is 0.457 e. The Morgan fingerprint density at radius 1 is 0.914 bits per heavy atom. The first kappa shape index (κ1) is 27.7. The Labute approximate surface area is 207 Å². The zero-order chi connectivity index (χ0) is 25.8. The standard InChI is InChI=1S/C23H27ClN2O9/c1-4-30-21(28)34-18-11-6-15(12-19(18)35-22(29)31-5-2)13-23(3,26-25)20(27)33-14-32-17-9-7-16(24)8-10-17/h6-12,26H,4-5,13-14,25H2,1-3H3/t23-/m0/s1. The number of rotatable bonds is 11. The van der Waals surface area contributed by atoms with Gasteiger partial charge in [0.05, 0.1) is 13.2 Å². The highest BCUT2D eigenvalue weighted by Gasteiger charge is 2.34. The van der Waals surface area contributed by atoms with E-state index in [-0.39, 0.29) is 37.9 Å². The highest BCUT2D eigenvalue weighted by Crippen LogP contribution is 2.31. The molecule has 35 heavy (non-hydrogen) atoms. The van der Waals surface area contributed by atoms with Gasteiger partial charge in [-0.3, -0.25) is 5.84 Å². The lowest BCUT2D eigenvalue weighted by Gasteiger charge is -2.26. The van der Waals surface area contributed by atoms with Crippen LogP contribution in [0.1, 0.15) is 26.3 Å². The largest absolute Gasteiger partial charge is 0.513 e. The monoisotopic (exact) mass is 510 g/mol. The molecule has 2 rings (SSSR count). The fourth-order valence-corrected chi connectivity index (χ4v) is 2.86. The molecule has 0 aliphatic carbocycles. The van der Waals surface area contributed by atoms with Crippen molar-refractivity contribution < 1.29 is 42.8 Å². The molecule has 1 atom stereocenters. The highest BCUT2D eigenvalue weighted by molar-refractivity contribution is 6.30. The van der Waals surface area contributed by atoms with E-state index in [9.17, 15) is 14.4 Å². The molecule has 0 amide bonds. The Morgan fingerprint density at radius 3 is 2.09 bits per heavy atom. The van der Waals surface area contributed by atoms with E-state index in [1.54, 1.807) is 44.2 Å². The molecule has 12 heteroatoms. The number of halogens is 1. The van der Waals surface area contributed by atoms with Crippen LogP contribution in [0.4, 0.5) is 9.59 Å². The third-order valence-corrected chi connectivity index (χ3v) is 4.73. The normalized spacial score (nSPS) is 12.1. The van der Waals surface area contributed by atoms with Crippen LogP contribution in [0.2, 0.25) is 5.02 Å². The quantitative estimate of drug-likeness (QED) is 0.114. The zero-order valence-corrected chi connectivity index (χ0v) is 20.3. The second-order valence-electron chi connectivity index (χ2n) is 7.15. The molecule has 0 unspecified atom stereocenters. The molecule has 0 radical (unpaired) electrons. The molecule has 0 bridgehead atoms. The number of hydrazine groups is 1. The summed E-state index contributed by atoms with van der Waals surface area (Å²) in [6, 6.07) is 10.9.